The van der Waals surface area contributed by atoms with Gasteiger partial charge in [-0.05, 0) is 42.4 Å². The second-order valence-corrected chi connectivity index (χ2v) is 8.82. The van der Waals surface area contributed by atoms with E-state index in [0.29, 0.717) is 19.5 Å². The van der Waals surface area contributed by atoms with Gasteiger partial charge in [0, 0.05) is 33.1 Å². The molecule has 1 saturated carbocycles. The van der Waals surface area contributed by atoms with Crippen LogP contribution in [0.1, 0.15) is 31.2 Å². The van der Waals surface area contributed by atoms with Gasteiger partial charge in [-0.1, -0.05) is 61.0 Å². The number of carbonyl (C=O) groups is 2. The molecule has 0 aromatic heterocycles. The van der Waals surface area contributed by atoms with Gasteiger partial charge in [-0.25, -0.2) is 0 Å². The van der Waals surface area contributed by atoms with Crippen LogP contribution in [0.15, 0.2) is 54.6 Å². The van der Waals surface area contributed by atoms with E-state index in [1.54, 1.807) is 4.90 Å². The van der Waals surface area contributed by atoms with Crippen LogP contribution in [0.25, 0.3) is 11.1 Å². The topological polar surface area (TPSA) is 40.6 Å². The fraction of sp³-hybridized carbons (Fsp3) is 0.440. The number of carbonyl (C=O) groups excluding carboxylic acids is 2. The van der Waals surface area contributed by atoms with Crippen molar-refractivity contribution >= 4 is 11.8 Å². The SMILES string of the molecule is CN(C)C(=O)[C@]1(Cc2ccccc2-c2ccccc2)CCN(C(=O)C2CCC2)C1. The lowest BCUT2D eigenvalue weighted by Gasteiger charge is -2.33. The number of likely N-dealkylation sites (tertiary alicyclic amines) is 1. The van der Waals surface area contributed by atoms with Crippen LogP contribution in [0.2, 0.25) is 0 Å². The Bertz CT molecular complexity index is 889. The molecule has 2 aromatic carbocycles. The molecule has 0 spiro atoms. The summed E-state index contributed by atoms with van der Waals surface area (Å²) in [6, 6.07) is 18.7. The first-order chi connectivity index (χ1) is 14.0. The van der Waals surface area contributed by atoms with Gasteiger partial charge in [-0.2, -0.15) is 0 Å². The number of amides is 2. The molecule has 2 amide bonds. The normalized spacial score (nSPS) is 21.7. The van der Waals surface area contributed by atoms with E-state index >= 15 is 0 Å². The second kappa shape index (κ2) is 8.02. The van der Waals surface area contributed by atoms with Gasteiger partial charge >= 0.3 is 0 Å². The van der Waals surface area contributed by atoms with Crippen molar-refractivity contribution in [2.24, 2.45) is 11.3 Å². The molecule has 2 aliphatic rings. The standard InChI is InChI=1S/C25H30N2O2/c1-26(2)24(29)25(15-16-27(18-25)23(28)20-12-8-13-20)17-21-11-6-7-14-22(21)19-9-4-3-5-10-19/h3-7,9-11,14,20H,8,12-13,15-18H2,1-2H3/t25-/m0/s1. The van der Waals surface area contributed by atoms with Crippen molar-refractivity contribution in [2.75, 3.05) is 27.2 Å². The van der Waals surface area contributed by atoms with Crippen LogP contribution >= 0.6 is 0 Å². The highest BCUT2D eigenvalue weighted by atomic mass is 16.2. The van der Waals surface area contributed by atoms with Gasteiger partial charge < -0.3 is 9.80 Å². The molecule has 4 rings (SSSR count). The number of hydrogen-bond acceptors (Lipinski definition) is 2. The lowest BCUT2D eigenvalue weighted by Crippen LogP contribution is -2.46. The highest BCUT2D eigenvalue weighted by Crippen LogP contribution is 2.40. The highest BCUT2D eigenvalue weighted by Gasteiger charge is 2.48. The molecule has 1 aliphatic carbocycles. The van der Waals surface area contributed by atoms with Gasteiger partial charge in [0.25, 0.3) is 0 Å². The van der Waals surface area contributed by atoms with Gasteiger partial charge in [0.05, 0.1) is 5.41 Å². The van der Waals surface area contributed by atoms with Crippen molar-refractivity contribution in [1.29, 1.82) is 0 Å². The summed E-state index contributed by atoms with van der Waals surface area (Å²) < 4.78 is 0. The summed E-state index contributed by atoms with van der Waals surface area (Å²) >= 11 is 0. The van der Waals surface area contributed by atoms with E-state index < -0.39 is 5.41 Å². The molecule has 1 saturated heterocycles. The third-order valence-corrected chi connectivity index (χ3v) is 6.61. The van der Waals surface area contributed by atoms with Gasteiger partial charge in [-0.15, -0.1) is 0 Å². The molecule has 4 nitrogen and oxygen atoms in total. The predicted octanol–water partition coefficient (Wildman–Crippen LogP) is 4.00. The zero-order valence-corrected chi connectivity index (χ0v) is 17.4. The molecule has 1 atom stereocenters. The Labute approximate surface area is 173 Å². The molecule has 0 radical (unpaired) electrons. The smallest absolute Gasteiger partial charge is 0.230 e. The zero-order valence-electron chi connectivity index (χ0n) is 17.4. The maximum atomic E-state index is 13.3. The summed E-state index contributed by atoms with van der Waals surface area (Å²) in [7, 11) is 3.65. The van der Waals surface area contributed by atoms with Crippen LogP contribution in [0.5, 0.6) is 0 Å². The first-order valence-corrected chi connectivity index (χ1v) is 10.6. The van der Waals surface area contributed by atoms with E-state index in [4.69, 9.17) is 0 Å². The summed E-state index contributed by atoms with van der Waals surface area (Å²) in [4.78, 5) is 29.8. The van der Waals surface area contributed by atoms with Gasteiger partial charge in [0.2, 0.25) is 11.8 Å². The van der Waals surface area contributed by atoms with Crippen molar-refractivity contribution in [3.8, 4) is 11.1 Å². The maximum absolute atomic E-state index is 13.3. The number of benzene rings is 2. The van der Waals surface area contributed by atoms with Gasteiger partial charge in [0.1, 0.15) is 0 Å². The lowest BCUT2D eigenvalue weighted by atomic mass is 9.77. The van der Waals surface area contributed by atoms with E-state index in [1.165, 1.54) is 11.1 Å². The Morgan fingerprint density at radius 3 is 2.38 bits per heavy atom. The highest BCUT2D eigenvalue weighted by molar-refractivity contribution is 5.86. The minimum atomic E-state index is -0.548. The van der Waals surface area contributed by atoms with Crippen molar-refractivity contribution in [3.63, 3.8) is 0 Å². The van der Waals surface area contributed by atoms with E-state index in [2.05, 4.69) is 24.3 Å². The van der Waals surface area contributed by atoms with E-state index in [1.807, 2.05) is 49.3 Å². The Kier molecular flexibility index (Phi) is 5.44. The Morgan fingerprint density at radius 2 is 1.72 bits per heavy atom. The van der Waals surface area contributed by atoms with Crippen LogP contribution < -0.4 is 0 Å². The first-order valence-electron chi connectivity index (χ1n) is 10.6. The molecule has 4 heteroatoms. The Hall–Kier alpha value is -2.62. The van der Waals surface area contributed by atoms with Crippen LogP contribution in [-0.2, 0) is 16.0 Å². The summed E-state index contributed by atoms with van der Waals surface area (Å²) in [5, 5.41) is 0. The lowest BCUT2D eigenvalue weighted by molar-refractivity contribution is -0.141. The van der Waals surface area contributed by atoms with E-state index in [0.717, 1.165) is 31.2 Å². The molecule has 152 valence electrons. The quantitative estimate of drug-likeness (QED) is 0.774. The molecule has 2 fully saturated rings. The van der Waals surface area contributed by atoms with Crippen molar-refractivity contribution in [1.82, 2.24) is 9.80 Å². The third-order valence-electron chi connectivity index (χ3n) is 6.61. The van der Waals surface area contributed by atoms with Crippen molar-refractivity contribution in [2.45, 2.75) is 32.1 Å². The number of hydrogen-bond donors (Lipinski definition) is 0. The van der Waals surface area contributed by atoms with Crippen LogP contribution in [0, 0.1) is 11.3 Å². The monoisotopic (exact) mass is 390 g/mol. The first kappa shape index (κ1) is 19.7. The minimum Gasteiger partial charge on any atom is -0.348 e. The van der Waals surface area contributed by atoms with Crippen molar-refractivity contribution < 1.29 is 9.59 Å². The summed E-state index contributed by atoms with van der Waals surface area (Å²) in [6.07, 6.45) is 4.53. The largest absolute Gasteiger partial charge is 0.348 e. The molecule has 0 N–H and O–H groups in total. The Balaban J connectivity index is 1.65. The van der Waals surface area contributed by atoms with E-state index in [9.17, 15) is 9.59 Å². The molecular weight excluding hydrogens is 360 g/mol. The third kappa shape index (κ3) is 3.81. The number of rotatable bonds is 5. The van der Waals surface area contributed by atoms with Crippen molar-refractivity contribution in [3.05, 3.63) is 60.2 Å². The van der Waals surface area contributed by atoms with Gasteiger partial charge in [0.15, 0.2) is 0 Å². The fourth-order valence-electron chi connectivity index (χ4n) is 4.78. The van der Waals surface area contributed by atoms with Gasteiger partial charge in [-0.3, -0.25) is 9.59 Å². The predicted molar refractivity (Wildman–Crippen MR) is 115 cm³/mol. The Morgan fingerprint density at radius 1 is 1.03 bits per heavy atom. The fourth-order valence-corrected chi connectivity index (χ4v) is 4.78. The molecular formula is C25H30N2O2. The summed E-state index contributed by atoms with van der Waals surface area (Å²) in [5.74, 6) is 0.558. The molecule has 0 bridgehead atoms. The summed E-state index contributed by atoms with van der Waals surface area (Å²) in [5.41, 5.74) is 2.96. The van der Waals surface area contributed by atoms with Crippen LogP contribution in [-0.4, -0.2) is 48.8 Å². The minimum absolute atomic E-state index is 0.129. The molecule has 0 unspecified atom stereocenters. The molecule has 1 heterocycles. The molecule has 29 heavy (non-hydrogen) atoms. The van der Waals surface area contributed by atoms with E-state index in [-0.39, 0.29) is 17.7 Å². The number of nitrogens with zero attached hydrogens (tertiary/aromatic N) is 2. The molecule has 1 aliphatic heterocycles. The molecule has 2 aromatic rings. The summed E-state index contributed by atoms with van der Waals surface area (Å²) in [6.45, 7) is 1.21. The zero-order chi connectivity index (χ0) is 20.4. The average molecular weight is 391 g/mol. The average Bonchev–Trinajstić information content (AvgIpc) is 3.12. The second-order valence-electron chi connectivity index (χ2n) is 8.82. The maximum Gasteiger partial charge on any atom is 0.230 e. The van der Waals surface area contributed by atoms with Crippen LogP contribution in [0.3, 0.4) is 0 Å². The van der Waals surface area contributed by atoms with Crippen LogP contribution in [0.4, 0.5) is 0 Å².